The molecule has 3 aromatic rings. The van der Waals surface area contributed by atoms with Gasteiger partial charge < -0.3 is 9.84 Å². The van der Waals surface area contributed by atoms with Gasteiger partial charge in [-0.25, -0.2) is 8.42 Å². The molecule has 2 N–H and O–H groups in total. The number of hydrogen-bond acceptors (Lipinski definition) is 5. The largest absolute Gasteiger partial charge is 0.465 e. The van der Waals surface area contributed by atoms with Gasteiger partial charge in [0, 0.05) is 31.7 Å². The average molecular weight is 523 g/mol. The molecule has 0 fully saturated rings. The van der Waals surface area contributed by atoms with Gasteiger partial charge in [0.25, 0.3) is 0 Å². The average Bonchev–Trinajstić information content (AvgIpc) is 2.79. The first-order valence-electron chi connectivity index (χ1n) is 10.8. The van der Waals surface area contributed by atoms with E-state index in [1.165, 1.54) is 5.56 Å². The molecule has 0 aliphatic heterocycles. The van der Waals surface area contributed by atoms with Gasteiger partial charge in [0.1, 0.15) is 5.75 Å². The number of ether oxygens (including phenoxy) is 1. The molecule has 34 heavy (non-hydrogen) atoms. The molecule has 3 rings (SSSR count). The van der Waals surface area contributed by atoms with Gasteiger partial charge >= 0.3 is 0 Å². The highest BCUT2D eigenvalue weighted by Gasteiger charge is 2.13. The fraction of sp³-hybridized carbons (Fsp3) is 0.280. The zero-order valence-electron chi connectivity index (χ0n) is 18.8. The molecule has 0 bridgehead atoms. The van der Waals surface area contributed by atoms with E-state index in [9.17, 15) is 13.5 Å². The van der Waals surface area contributed by atoms with Gasteiger partial charge in [-0.05, 0) is 53.9 Å². The Morgan fingerprint density at radius 3 is 2.29 bits per heavy atom. The van der Waals surface area contributed by atoms with E-state index in [0.717, 1.165) is 31.3 Å². The van der Waals surface area contributed by atoms with Crippen molar-refractivity contribution < 1.29 is 18.3 Å². The first kappa shape index (κ1) is 26.3. The molecule has 0 aliphatic carbocycles. The predicted octanol–water partition coefficient (Wildman–Crippen LogP) is 5.20. The molecule has 1 unspecified atom stereocenters. The van der Waals surface area contributed by atoms with Gasteiger partial charge in [-0.3, -0.25) is 9.62 Å². The molecule has 3 aromatic carbocycles. The third kappa shape index (κ3) is 9.16. The quantitative estimate of drug-likeness (QED) is 0.319. The molecule has 182 valence electrons. The minimum absolute atomic E-state index is 0.400. The number of nitrogens with one attached hydrogen (secondary N) is 1. The summed E-state index contributed by atoms with van der Waals surface area (Å²) in [5.74, 6) is 0.456. The first-order valence-corrected chi connectivity index (χ1v) is 13.5. The Labute approximate surface area is 211 Å². The number of sulfonamides is 1. The SMILES string of the molecule is CS(=O)(=O)Nc1ccc(OC(O)CCN(CCc2ccc(Cl)c(Cl)c2)Cc2ccccc2)cc1. The number of hydrogen-bond donors (Lipinski definition) is 2. The summed E-state index contributed by atoms with van der Waals surface area (Å²) in [5.41, 5.74) is 2.70. The molecule has 6 nitrogen and oxygen atoms in total. The summed E-state index contributed by atoms with van der Waals surface area (Å²) in [6, 6.07) is 22.2. The molecular weight excluding hydrogens is 495 g/mol. The number of aliphatic hydroxyl groups excluding tert-OH is 1. The summed E-state index contributed by atoms with van der Waals surface area (Å²) in [6.45, 7) is 2.12. The van der Waals surface area contributed by atoms with Crippen molar-refractivity contribution in [3.05, 3.63) is 94.0 Å². The number of nitrogens with zero attached hydrogens (tertiary/aromatic N) is 1. The van der Waals surface area contributed by atoms with E-state index >= 15 is 0 Å². The lowest BCUT2D eigenvalue weighted by atomic mass is 10.1. The van der Waals surface area contributed by atoms with Crippen LogP contribution in [0.2, 0.25) is 10.0 Å². The van der Waals surface area contributed by atoms with Crippen molar-refractivity contribution >= 4 is 38.9 Å². The lowest BCUT2D eigenvalue weighted by molar-refractivity contribution is -0.0293. The summed E-state index contributed by atoms with van der Waals surface area (Å²) in [4.78, 5) is 2.25. The van der Waals surface area contributed by atoms with E-state index < -0.39 is 16.3 Å². The molecule has 0 saturated carbocycles. The number of halogens is 2. The third-order valence-electron chi connectivity index (χ3n) is 5.07. The lowest BCUT2D eigenvalue weighted by Gasteiger charge is -2.24. The molecule has 1 atom stereocenters. The predicted molar refractivity (Wildman–Crippen MR) is 138 cm³/mol. The van der Waals surface area contributed by atoms with Crippen LogP contribution in [-0.2, 0) is 23.0 Å². The van der Waals surface area contributed by atoms with Crippen LogP contribution in [0.4, 0.5) is 5.69 Å². The summed E-state index contributed by atoms with van der Waals surface area (Å²) in [7, 11) is -3.35. The maximum atomic E-state index is 11.3. The molecule has 0 radical (unpaired) electrons. The second kappa shape index (κ2) is 12.4. The highest BCUT2D eigenvalue weighted by atomic mass is 35.5. The number of aliphatic hydroxyl groups is 1. The van der Waals surface area contributed by atoms with Crippen LogP contribution in [0.15, 0.2) is 72.8 Å². The summed E-state index contributed by atoms with van der Waals surface area (Å²) < 4.78 is 30.6. The van der Waals surface area contributed by atoms with Gasteiger partial charge in [-0.2, -0.15) is 0 Å². The second-order valence-corrected chi connectivity index (χ2v) is 10.6. The van der Waals surface area contributed by atoms with E-state index in [4.69, 9.17) is 27.9 Å². The van der Waals surface area contributed by atoms with Gasteiger partial charge in [-0.1, -0.05) is 59.6 Å². The Morgan fingerprint density at radius 2 is 1.65 bits per heavy atom. The number of anilines is 1. The van der Waals surface area contributed by atoms with E-state index in [2.05, 4.69) is 21.8 Å². The fourth-order valence-electron chi connectivity index (χ4n) is 3.42. The Balaban J connectivity index is 1.57. The van der Waals surface area contributed by atoms with Crippen molar-refractivity contribution in [1.82, 2.24) is 4.90 Å². The Hall–Kier alpha value is -2.29. The zero-order valence-corrected chi connectivity index (χ0v) is 21.2. The molecule has 0 amide bonds. The topological polar surface area (TPSA) is 78.9 Å². The fourth-order valence-corrected chi connectivity index (χ4v) is 4.30. The molecule has 0 aliphatic rings. The van der Waals surface area contributed by atoms with Crippen LogP contribution in [0.25, 0.3) is 0 Å². The van der Waals surface area contributed by atoms with Crippen LogP contribution in [0.3, 0.4) is 0 Å². The summed E-state index contributed by atoms with van der Waals surface area (Å²) in [5, 5.41) is 11.5. The van der Waals surface area contributed by atoms with Crippen molar-refractivity contribution in [2.45, 2.75) is 25.7 Å². The van der Waals surface area contributed by atoms with E-state index in [1.807, 2.05) is 30.3 Å². The number of benzene rings is 3. The van der Waals surface area contributed by atoms with Crippen LogP contribution < -0.4 is 9.46 Å². The van der Waals surface area contributed by atoms with Crippen molar-refractivity contribution in [1.29, 1.82) is 0 Å². The van der Waals surface area contributed by atoms with E-state index in [1.54, 1.807) is 30.3 Å². The van der Waals surface area contributed by atoms with Crippen LogP contribution in [0.5, 0.6) is 5.75 Å². The van der Waals surface area contributed by atoms with Gasteiger partial charge in [-0.15, -0.1) is 0 Å². The lowest BCUT2D eigenvalue weighted by Crippen LogP contribution is -2.30. The highest BCUT2D eigenvalue weighted by molar-refractivity contribution is 7.92. The molecule has 0 spiro atoms. The molecular formula is C25H28Cl2N2O4S. The van der Waals surface area contributed by atoms with Crippen molar-refractivity contribution in [3.8, 4) is 5.75 Å². The molecule has 0 aromatic heterocycles. The zero-order chi connectivity index (χ0) is 24.6. The Morgan fingerprint density at radius 1 is 0.941 bits per heavy atom. The highest BCUT2D eigenvalue weighted by Crippen LogP contribution is 2.23. The summed E-state index contributed by atoms with van der Waals surface area (Å²) in [6.07, 6.45) is 1.27. The van der Waals surface area contributed by atoms with E-state index in [-0.39, 0.29) is 0 Å². The van der Waals surface area contributed by atoms with Gasteiger partial charge in [0.15, 0.2) is 6.29 Å². The van der Waals surface area contributed by atoms with Crippen molar-refractivity contribution in [2.75, 3.05) is 24.1 Å². The van der Waals surface area contributed by atoms with Crippen LogP contribution in [0, 0.1) is 0 Å². The van der Waals surface area contributed by atoms with Crippen LogP contribution in [0.1, 0.15) is 17.5 Å². The minimum atomic E-state index is -3.35. The first-order chi connectivity index (χ1) is 16.2. The monoisotopic (exact) mass is 522 g/mol. The second-order valence-electron chi connectivity index (χ2n) is 8.02. The third-order valence-corrected chi connectivity index (χ3v) is 6.42. The maximum Gasteiger partial charge on any atom is 0.229 e. The standard InChI is InChI=1S/C25H28Cl2N2O4S/c1-34(31,32)28-21-8-10-22(11-9-21)33-25(30)14-16-29(18-20-5-3-2-4-6-20)15-13-19-7-12-23(26)24(27)17-19/h2-12,17,25,28,30H,13-16,18H2,1H3. The smallest absolute Gasteiger partial charge is 0.229 e. The number of rotatable bonds is 12. The Bertz CT molecular complexity index is 1160. The van der Waals surface area contributed by atoms with E-state index in [0.29, 0.717) is 34.4 Å². The normalized spacial score (nSPS) is 12.5. The van der Waals surface area contributed by atoms with Gasteiger partial charge in [0.2, 0.25) is 10.0 Å². The molecule has 0 heterocycles. The van der Waals surface area contributed by atoms with Crippen LogP contribution >= 0.6 is 23.2 Å². The van der Waals surface area contributed by atoms with Crippen LogP contribution in [-0.4, -0.2) is 44.1 Å². The maximum absolute atomic E-state index is 11.3. The molecule has 0 saturated heterocycles. The minimum Gasteiger partial charge on any atom is -0.465 e. The van der Waals surface area contributed by atoms with Gasteiger partial charge in [0.05, 0.1) is 16.3 Å². The summed E-state index contributed by atoms with van der Waals surface area (Å²) >= 11 is 12.2. The van der Waals surface area contributed by atoms with Crippen molar-refractivity contribution in [3.63, 3.8) is 0 Å². The molecule has 9 heteroatoms. The van der Waals surface area contributed by atoms with Crippen molar-refractivity contribution in [2.24, 2.45) is 0 Å². The Kier molecular flexibility index (Phi) is 9.62.